The summed E-state index contributed by atoms with van der Waals surface area (Å²) in [4.78, 5) is 30.3. The van der Waals surface area contributed by atoms with Crippen molar-refractivity contribution in [1.82, 2.24) is 9.80 Å². The number of carbonyl (C=O) groups is 2. The third-order valence-corrected chi connectivity index (χ3v) is 6.82. The van der Waals surface area contributed by atoms with Crippen LogP contribution in [0.3, 0.4) is 0 Å². The van der Waals surface area contributed by atoms with Gasteiger partial charge < -0.3 is 19.3 Å². The second-order valence-electron chi connectivity index (χ2n) is 9.56. The molecule has 0 spiro atoms. The Morgan fingerprint density at radius 3 is 2.71 bits per heavy atom. The standard InChI is InChI=1S/C24H36N2O4S/c1-24(2,3)30-23(28)25(4)15-18-9-7-13-26(16-18)22(27)20-11-5-6-12-21(20)31-17-19-10-8-14-29-19/h5-6,11-12,18-19H,7-10,13-17H2,1-4H3. The quantitative estimate of drug-likeness (QED) is 0.592. The number of carbonyl (C=O) groups excluding carboxylic acids is 2. The molecule has 1 aromatic carbocycles. The van der Waals surface area contributed by atoms with Crippen molar-refractivity contribution in [3.8, 4) is 0 Å². The van der Waals surface area contributed by atoms with E-state index in [2.05, 4.69) is 0 Å². The van der Waals surface area contributed by atoms with E-state index in [4.69, 9.17) is 9.47 Å². The SMILES string of the molecule is CN(CC1CCCN(C(=O)c2ccccc2SCC2CCCO2)C1)C(=O)OC(C)(C)C. The monoisotopic (exact) mass is 448 g/mol. The fourth-order valence-corrected chi connectivity index (χ4v) is 5.21. The first-order chi connectivity index (χ1) is 14.7. The highest BCUT2D eigenvalue weighted by atomic mass is 32.2. The minimum atomic E-state index is -0.509. The summed E-state index contributed by atoms with van der Waals surface area (Å²) in [6.07, 6.45) is 4.15. The Morgan fingerprint density at radius 1 is 1.23 bits per heavy atom. The summed E-state index contributed by atoms with van der Waals surface area (Å²) in [5, 5.41) is 0. The molecule has 1 aromatic rings. The van der Waals surface area contributed by atoms with Gasteiger partial charge in [-0.15, -0.1) is 11.8 Å². The molecule has 0 N–H and O–H groups in total. The van der Waals surface area contributed by atoms with Crippen LogP contribution >= 0.6 is 11.8 Å². The topological polar surface area (TPSA) is 59.1 Å². The average molecular weight is 449 g/mol. The van der Waals surface area contributed by atoms with E-state index in [9.17, 15) is 9.59 Å². The summed E-state index contributed by atoms with van der Waals surface area (Å²) in [6.45, 7) is 8.47. The number of piperidine rings is 1. The van der Waals surface area contributed by atoms with Crippen LogP contribution in [0.4, 0.5) is 4.79 Å². The summed E-state index contributed by atoms with van der Waals surface area (Å²) >= 11 is 1.72. The molecular formula is C24H36N2O4S. The van der Waals surface area contributed by atoms with Gasteiger partial charge in [-0.25, -0.2) is 4.79 Å². The number of benzene rings is 1. The van der Waals surface area contributed by atoms with E-state index >= 15 is 0 Å². The Balaban J connectivity index is 1.58. The first-order valence-electron chi connectivity index (χ1n) is 11.3. The van der Waals surface area contributed by atoms with Crippen molar-refractivity contribution in [3.63, 3.8) is 0 Å². The van der Waals surface area contributed by atoms with Crippen LogP contribution < -0.4 is 0 Å². The maximum Gasteiger partial charge on any atom is 0.410 e. The summed E-state index contributed by atoms with van der Waals surface area (Å²) in [5.74, 6) is 1.22. The van der Waals surface area contributed by atoms with Gasteiger partial charge in [0.15, 0.2) is 0 Å². The Morgan fingerprint density at radius 2 is 2.00 bits per heavy atom. The Bertz CT molecular complexity index is 758. The van der Waals surface area contributed by atoms with Crippen LogP contribution in [0, 0.1) is 5.92 Å². The molecule has 2 saturated heterocycles. The number of hydrogen-bond donors (Lipinski definition) is 0. The van der Waals surface area contributed by atoms with Crippen LogP contribution in [0.2, 0.25) is 0 Å². The molecule has 0 radical (unpaired) electrons. The maximum absolute atomic E-state index is 13.3. The Hall–Kier alpha value is -1.73. The predicted octanol–water partition coefficient (Wildman–Crippen LogP) is 4.68. The van der Waals surface area contributed by atoms with Crippen LogP contribution in [0.25, 0.3) is 0 Å². The number of amides is 2. The minimum Gasteiger partial charge on any atom is -0.444 e. The highest BCUT2D eigenvalue weighted by Crippen LogP contribution is 2.29. The molecule has 2 heterocycles. The fourth-order valence-electron chi connectivity index (χ4n) is 4.10. The third-order valence-electron chi connectivity index (χ3n) is 5.61. The van der Waals surface area contributed by atoms with E-state index in [1.54, 1.807) is 23.7 Å². The molecule has 2 atom stereocenters. The zero-order valence-electron chi connectivity index (χ0n) is 19.3. The van der Waals surface area contributed by atoms with E-state index in [0.717, 1.165) is 55.0 Å². The molecule has 7 heteroatoms. The van der Waals surface area contributed by atoms with Gasteiger partial charge in [-0.2, -0.15) is 0 Å². The van der Waals surface area contributed by atoms with Gasteiger partial charge in [-0.1, -0.05) is 12.1 Å². The van der Waals surface area contributed by atoms with Gasteiger partial charge in [-0.05, 0) is 64.5 Å². The Labute approximate surface area is 190 Å². The van der Waals surface area contributed by atoms with Crippen LogP contribution in [0.1, 0.15) is 56.8 Å². The van der Waals surface area contributed by atoms with Crippen molar-refractivity contribution in [2.75, 3.05) is 39.0 Å². The molecule has 172 valence electrons. The second-order valence-corrected chi connectivity index (χ2v) is 10.6. The molecule has 6 nitrogen and oxygen atoms in total. The number of rotatable bonds is 6. The average Bonchev–Trinajstić information content (AvgIpc) is 3.24. The first-order valence-corrected chi connectivity index (χ1v) is 12.3. The lowest BCUT2D eigenvalue weighted by Crippen LogP contribution is -2.45. The zero-order valence-corrected chi connectivity index (χ0v) is 20.1. The van der Waals surface area contributed by atoms with Gasteiger partial charge >= 0.3 is 6.09 Å². The van der Waals surface area contributed by atoms with Gasteiger partial charge in [0.2, 0.25) is 0 Å². The van der Waals surface area contributed by atoms with E-state index in [1.807, 2.05) is 49.9 Å². The number of thioether (sulfide) groups is 1. The Kier molecular flexibility index (Phi) is 8.28. The maximum atomic E-state index is 13.3. The van der Waals surface area contributed by atoms with E-state index in [-0.39, 0.29) is 24.0 Å². The van der Waals surface area contributed by atoms with Gasteiger partial charge in [-0.3, -0.25) is 4.79 Å². The summed E-state index contributed by atoms with van der Waals surface area (Å²) in [6, 6.07) is 7.88. The number of nitrogens with zero attached hydrogens (tertiary/aromatic N) is 2. The van der Waals surface area contributed by atoms with Crippen molar-refractivity contribution in [2.24, 2.45) is 5.92 Å². The summed E-state index contributed by atoms with van der Waals surface area (Å²) in [5.41, 5.74) is 0.261. The molecule has 0 saturated carbocycles. The zero-order chi connectivity index (χ0) is 22.4. The fraction of sp³-hybridized carbons (Fsp3) is 0.667. The smallest absolute Gasteiger partial charge is 0.410 e. The van der Waals surface area contributed by atoms with Crippen LogP contribution in [-0.4, -0.2) is 72.5 Å². The molecule has 2 aliphatic heterocycles. The molecule has 31 heavy (non-hydrogen) atoms. The lowest BCUT2D eigenvalue weighted by Gasteiger charge is -2.35. The van der Waals surface area contributed by atoms with Gasteiger partial charge in [0.25, 0.3) is 5.91 Å². The second kappa shape index (κ2) is 10.7. The lowest BCUT2D eigenvalue weighted by atomic mass is 9.97. The van der Waals surface area contributed by atoms with Crippen LogP contribution in [0.15, 0.2) is 29.2 Å². The van der Waals surface area contributed by atoms with Crippen molar-refractivity contribution in [2.45, 2.75) is 63.1 Å². The number of likely N-dealkylation sites (tertiary alicyclic amines) is 1. The van der Waals surface area contributed by atoms with Gasteiger partial charge in [0.05, 0.1) is 11.7 Å². The molecule has 2 unspecified atom stereocenters. The molecular weight excluding hydrogens is 412 g/mol. The van der Waals surface area contributed by atoms with Crippen molar-refractivity contribution < 1.29 is 19.1 Å². The molecule has 2 fully saturated rings. The molecule has 2 aliphatic rings. The third kappa shape index (κ3) is 7.14. The van der Waals surface area contributed by atoms with E-state index < -0.39 is 5.60 Å². The predicted molar refractivity (Wildman–Crippen MR) is 124 cm³/mol. The molecule has 0 aromatic heterocycles. The largest absolute Gasteiger partial charge is 0.444 e. The lowest BCUT2D eigenvalue weighted by molar-refractivity contribution is 0.0244. The van der Waals surface area contributed by atoms with Crippen molar-refractivity contribution in [3.05, 3.63) is 29.8 Å². The van der Waals surface area contributed by atoms with Crippen molar-refractivity contribution in [1.29, 1.82) is 0 Å². The van der Waals surface area contributed by atoms with Crippen LogP contribution in [-0.2, 0) is 9.47 Å². The summed E-state index contributed by atoms with van der Waals surface area (Å²) in [7, 11) is 1.77. The normalized spacial score (nSPS) is 21.7. The first kappa shape index (κ1) is 23.9. The molecule has 0 bridgehead atoms. The van der Waals surface area contributed by atoms with Crippen LogP contribution in [0.5, 0.6) is 0 Å². The highest BCUT2D eigenvalue weighted by Gasteiger charge is 2.29. The highest BCUT2D eigenvalue weighted by molar-refractivity contribution is 7.99. The minimum absolute atomic E-state index is 0.0834. The van der Waals surface area contributed by atoms with E-state index in [1.165, 1.54) is 0 Å². The van der Waals surface area contributed by atoms with Gasteiger partial charge in [0.1, 0.15) is 5.60 Å². The number of hydrogen-bond acceptors (Lipinski definition) is 5. The van der Waals surface area contributed by atoms with Crippen molar-refractivity contribution >= 4 is 23.8 Å². The molecule has 0 aliphatic carbocycles. The van der Waals surface area contributed by atoms with Gasteiger partial charge in [0, 0.05) is 43.9 Å². The molecule has 2 amide bonds. The molecule has 3 rings (SSSR count). The van der Waals surface area contributed by atoms with E-state index in [0.29, 0.717) is 13.1 Å². The summed E-state index contributed by atoms with van der Waals surface area (Å²) < 4.78 is 11.2. The number of ether oxygens (including phenoxy) is 2.